The van der Waals surface area contributed by atoms with Crippen LogP contribution in [0.3, 0.4) is 0 Å². The van der Waals surface area contributed by atoms with E-state index in [9.17, 15) is 0 Å². The lowest BCUT2D eigenvalue weighted by Crippen LogP contribution is -2.58. The van der Waals surface area contributed by atoms with Crippen LogP contribution >= 0.6 is 0 Å². The normalized spacial score (nSPS) is 28.2. The smallest absolute Gasteiger partial charge is 0.0681 e. The van der Waals surface area contributed by atoms with E-state index < -0.39 is 0 Å². The summed E-state index contributed by atoms with van der Waals surface area (Å²) in [6.07, 6.45) is 4.10. The number of piperazine rings is 1. The minimum Gasteiger partial charge on any atom is -0.392 e. The maximum Gasteiger partial charge on any atom is 0.0681 e. The summed E-state index contributed by atoms with van der Waals surface area (Å²) in [6, 6.07) is 9.70. The molecule has 3 heteroatoms. The molecular weight excluding hydrogens is 236 g/mol. The topological polar surface area (TPSA) is 26.7 Å². The van der Waals surface area contributed by atoms with Crippen molar-refractivity contribution in [3.8, 4) is 0 Å². The maximum absolute atomic E-state index is 9.12. The van der Waals surface area contributed by atoms with Gasteiger partial charge in [0.25, 0.3) is 0 Å². The summed E-state index contributed by atoms with van der Waals surface area (Å²) in [6.45, 7) is 6.08. The Hall–Kier alpha value is -1.06. The van der Waals surface area contributed by atoms with Crippen LogP contribution in [0.25, 0.3) is 0 Å². The molecule has 19 heavy (non-hydrogen) atoms. The van der Waals surface area contributed by atoms with Crippen molar-refractivity contribution < 1.29 is 5.11 Å². The van der Waals surface area contributed by atoms with Crippen molar-refractivity contribution >= 4 is 5.69 Å². The number of piperidine rings is 1. The van der Waals surface area contributed by atoms with E-state index in [-0.39, 0.29) is 6.61 Å². The molecule has 2 aliphatic heterocycles. The van der Waals surface area contributed by atoms with Gasteiger partial charge >= 0.3 is 0 Å². The molecule has 0 aliphatic carbocycles. The Kier molecular flexibility index (Phi) is 3.76. The first-order valence-electron chi connectivity index (χ1n) is 7.48. The van der Waals surface area contributed by atoms with E-state index >= 15 is 0 Å². The average molecular weight is 260 g/mol. The fourth-order valence-electron chi connectivity index (χ4n) is 3.50. The maximum atomic E-state index is 9.12. The summed E-state index contributed by atoms with van der Waals surface area (Å²) in [5, 5.41) is 9.12. The summed E-state index contributed by atoms with van der Waals surface area (Å²) < 4.78 is 0. The van der Waals surface area contributed by atoms with E-state index in [0.29, 0.717) is 6.04 Å². The van der Waals surface area contributed by atoms with E-state index in [4.69, 9.17) is 5.11 Å². The minimum atomic E-state index is 0.131. The zero-order chi connectivity index (χ0) is 13.2. The van der Waals surface area contributed by atoms with Gasteiger partial charge in [0.15, 0.2) is 0 Å². The van der Waals surface area contributed by atoms with Crippen molar-refractivity contribution in [3.63, 3.8) is 0 Å². The number of aliphatic hydroxyl groups is 1. The van der Waals surface area contributed by atoms with E-state index in [2.05, 4.69) is 28.9 Å². The molecule has 104 valence electrons. The SMILES string of the molecule is CC1CN2CCCCC2CN1c1ccc(CO)cc1. The monoisotopic (exact) mass is 260 g/mol. The predicted molar refractivity (Wildman–Crippen MR) is 78.4 cm³/mol. The molecule has 2 saturated heterocycles. The highest BCUT2D eigenvalue weighted by atomic mass is 16.3. The molecule has 2 aliphatic rings. The fourth-order valence-corrected chi connectivity index (χ4v) is 3.50. The van der Waals surface area contributed by atoms with Gasteiger partial charge in [0.1, 0.15) is 0 Å². The number of rotatable bonds is 2. The minimum absolute atomic E-state index is 0.131. The third-order valence-corrected chi connectivity index (χ3v) is 4.64. The Labute approximate surface area is 115 Å². The second-order valence-corrected chi connectivity index (χ2v) is 5.97. The summed E-state index contributed by atoms with van der Waals surface area (Å²) in [7, 11) is 0. The first kappa shape index (κ1) is 12.9. The number of hydrogen-bond acceptors (Lipinski definition) is 3. The van der Waals surface area contributed by atoms with Crippen LogP contribution in [0.2, 0.25) is 0 Å². The van der Waals surface area contributed by atoms with Crippen molar-refractivity contribution in [2.75, 3.05) is 24.5 Å². The van der Waals surface area contributed by atoms with Gasteiger partial charge in [0.2, 0.25) is 0 Å². The Balaban J connectivity index is 1.75. The lowest BCUT2D eigenvalue weighted by Gasteiger charge is -2.48. The summed E-state index contributed by atoms with van der Waals surface area (Å²) in [5.74, 6) is 0. The van der Waals surface area contributed by atoms with Crippen molar-refractivity contribution in [1.29, 1.82) is 0 Å². The van der Waals surface area contributed by atoms with Crippen molar-refractivity contribution in [2.24, 2.45) is 0 Å². The predicted octanol–water partition coefficient (Wildman–Crippen LogP) is 2.24. The van der Waals surface area contributed by atoms with Crippen LogP contribution in [-0.2, 0) is 6.61 Å². The zero-order valence-electron chi connectivity index (χ0n) is 11.8. The molecule has 3 nitrogen and oxygen atoms in total. The van der Waals surface area contributed by atoms with Crippen LogP contribution in [0.15, 0.2) is 24.3 Å². The Morgan fingerprint density at radius 2 is 1.95 bits per heavy atom. The summed E-state index contributed by atoms with van der Waals surface area (Å²) in [5.41, 5.74) is 2.29. The molecule has 0 radical (unpaired) electrons. The third kappa shape index (κ3) is 2.63. The highest BCUT2D eigenvalue weighted by Gasteiger charge is 2.32. The van der Waals surface area contributed by atoms with Crippen LogP contribution < -0.4 is 4.90 Å². The van der Waals surface area contributed by atoms with E-state index in [0.717, 1.165) is 18.2 Å². The van der Waals surface area contributed by atoms with Gasteiger partial charge < -0.3 is 10.0 Å². The van der Waals surface area contributed by atoms with Gasteiger partial charge in [-0.25, -0.2) is 0 Å². The number of hydrogen-bond donors (Lipinski definition) is 1. The number of nitrogens with zero attached hydrogens (tertiary/aromatic N) is 2. The average Bonchev–Trinajstić information content (AvgIpc) is 2.47. The van der Waals surface area contributed by atoms with Gasteiger partial charge in [-0.05, 0) is 44.0 Å². The molecule has 0 bridgehead atoms. The molecule has 1 aromatic carbocycles. The highest BCUT2D eigenvalue weighted by Crippen LogP contribution is 2.28. The standard InChI is InChI=1S/C16H24N2O/c1-13-10-17-9-3-2-4-16(17)11-18(13)15-7-5-14(12-19)6-8-15/h5-8,13,16,19H,2-4,9-12H2,1H3. The van der Waals surface area contributed by atoms with Gasteiger partial charge in [-0.1, -0.05) is 18.6 Å². The molecule has 1 aromatic rings. The van der Waals surface area contributed by atoms with E-state index in [1.807, 2.05) is 12.1 Å². The molecule has 3 rings (SSSR count). The molecule has 0 aromatic heterocycles. The molecule has 2 unspecified atom stereocenters. The highest BCUT2D eigenvalue weighted by molar-refractivity contribution is 5.49. The molecule has 1 N–H and O–H groups in total. The number of fused-ring (bicyclic) bond motifs is 1. The first-order chi connectivity index (χ1) is 9.28. The Morgan fingerprint density at radius 3 is 2.68 bits per heavy atom. The molecule has 0 spiro atoms. The molecule has 2 heterocycles. The zero-order valence-corrected chi connectivity index (χ0v) is 11.8. The summed E-state index contributed by atoms with van der Waals surface area (Å²) >= 11 is 0. The van der Waals surface area contributed by atoms with Gasteiger partial charge in [-0.2, -0.15) is 0 Å². The quantitative estimate of drug-likeness (QED) is 0.883. The second-order valence-electron chi connectivity index (χ2n) is 5.97. The number of anilines is 1. The Bertz CT molecular complexity index is 417. The van der Waals surface area contributed by atoms with Crippen LogP contribution in [0.5, 0.6) is 0 Å². The first-order valence-corrected chi connectivity index (χ1v) is 7.48. The van der Waals surface area contributed by atoms with Crippen molar-refractivity contribution in [2.45, 2.75) is 44.9 Å². The third-order valence-electron chi connectivity index (χ3n) is 4.64. The number of benzene rings is 1. The van der Waals surface area contributed by atoms with Gasteiger partial charge in [-0.15, -0.1) is 0 Å². The fraction of sp³-hybridized carbons (Fsp3) is 0.625. The van der Waals surface area contributed by atoms with E-state index in [1.54, 1.807) is 0 Å². The number of aliphatic hydroxyl groups excluding tert-OH is 1. The van der Waals surface area contributed by atoms with Crippen LogP contribution in [0.4, 0.5) is 5.69 Å². The van der Waals surface area contributed by atoms with Crippen LogP contribution in [0, 0.1) is 0 Å². The molecule has 2 fully saturated rings. The van der Waals surface area contributed by atoms with Crippen LogP contribution in [0.1, 0.15) is 31.7 Å². The van der Waals surface area contributed by atoms with Crippen molar-refractivity contribution in [1.82, 2.24) is 4.90 Å². The lowest BCUT2D eigenvalue weighted by atomic mass is 9.96. The second kappa shape index (κ2) is 5.51. The largest absolute Gasteiger partial charge is 0.392 e. The molecule has 0 saturated carbocycles. The van der Waals surface area contributed by atoms with Crippen LogP contribution in [-0.4, -0.2) is 41.7 Å². The van der Waals surface area contributed by atoms with Crippen molar-refractivity contribution in [3.05, 3.63) is 29.8 Å². The summed E-state index contributed by atoms with van der Waals surface area (Å²) in [4.78, 5) is 5.21. The van der Waals surface area contributed by atoms with E-state index in [1.165, 1.54) is 38.0 Å². The molecule has 2 atom stereocenters. The van der Waals surface area contributed by atoms with Gasteiger partial charge in [0.05, 0.1) is 6.61 Å². The van der Waals surface area contributed by atoms with Gasteiger partial charge in [-0.3, -0.25) is 4.90 Å². The van der Waals surface area contributed by atoms with Gasteiger partial charge in [0, 0.05) is 30.9 Å². The Morgan fingerprint density at radius 1 is 1.16 bits per heavy atom. The lowest BCUT2D eigenvalue weighted by molar-refractivity contribution is 0.115. The molecular formula is C16H24N2O. The molecule has 0 amide bonds.